The van der Waals surface area contributed by atoms with Crippen molar-refractivity contribution in [3.63, 3.8) is 0 Å². The van der Waals surface area contributed by atoms with Gasteiger partial charge in [0.1, 0.15) is 18.0 Å². The molecule has 4 rings (SSSR count). The number of hydrogen-bond donors (Lipinski definition) is 1. The van der Waals surface area contributed by atoms with Crippen molar-refractivity contribution in [3.05, 3.63) is 83.6 Å². The number of anilines is 4. The summed E-state index contributed by atoms with van der Waals surface area (Å²) in [6.45, 7) is 0. The van der Waals surface area contributed by atoms with Crippen LogP contribution in [-0.4, -0.2) is 21.8 Å². The van der Waals surface area contributed by atoms with Gasteiger partial charge in [-0.15, -0.1) is 11.6 Å². The molecule has 0 unspecified atom stereocenters. The van der Waals surface area contributed by atoms with Gasteiger partial charge in [-0.25, -0.2) is 9.97 Å². The zero-order valence-corrected chi connectivity index (χ0v) is 17.6. The monoisotopic (exact) mass is 466 g/mol. The first-order chi connectivity index (χ1) is 14.2. The van der Waals surface area contributed by atoms with Crippen molar-refractivity contribution < 1.29 is 4.79 Å². The Morgan fingerprint density at radius 1 is 0.966 bits per heavy atom. The molecule has 1 amide bonds. The van der Waals surface area contributed by atoms with E-state index in [-0.39, 0.29) is 11.8 Å². The fourth-order valence-electron chi connectivity index (χ4n) is 3.06. The first-order valence-electron chi connectivity index (χ1n) is 8.87. The molecule has 0 bridgehead atoms. The van der Waals surface area contributed by atoms with Gasteiger partial charge in [0.15, 0.2) is 0 Å². The summed E-state index contributed by atoms with van der Waals surface area (Å²) in [5, 5.41) is 4.13. The third-order valence-corrected chi connectivity index (χ3v) is 5.06. The summed E-state index contributed by atoms with van der Waals surface area (Å²) in [5.41, 5.74) is 3.10. The number of alkyl halides is 1. The van der Waals surface area contributed by atoms with E-state index in [0.29, 0.717) is 11.5 Å². The van der Waals surface area contributed by atoms with E-state index in [9.17, 15) is 4.79 Å². The van der Waals surface area contributed by atoms with Gasteiger partial charge in [0.05, 0.1) is 5.52 Å². The lowest BCUT2D eigenvalue weighted by atomic mass is 10.1. The lowest BCUT2D eigenvalue weighted by Crippen LogP contribution is -2.26. The molecule has 3 aromatic carbocycles. The minimum absolute atomic E-state index is 0.124. The summed E-state index contributed by atoms with van der Waals surface area (Å²) in [6, 6.07) is 22.9. The van der Waals surface area contributed by atoms with E-state index in [1.807, 2.05) is 72.8 Å². The van der Waals surface area contributed by atoms with Crippen LogP contribution in [0.1, 0.15) is 0 Å². The molecule has 0 aliphatic carbocycles. The number of fused-ring (bicyclic) bond motifs is 1. The summed E-state index contributed by atoms with van der Waals surface area (Å²) in [5.74, 6) is 0.318. The Bertz CT molecular complexity index is 1170. The molecule has 0 radical (unpaired) electrons. The van der Waals surface area contributed by atoms with Crippen molar-refractivity contribution in [1.29, 1.82) is 0 Å². The zero-order chi connectivity index (χ0) is 20.2. The highest BCUT2D eigenvalue weighted by molar-refractivity contribution is 9.10. The largest absolute Gasteiger partial charge is 0.340 e. The van der Waals surface area contributed by atoms with Gasteiger partial charge in [-0.3, -0.25) is 9.69 Å². The summed E-state index contributed by atoms with van der Waals surface area (Å²) in [6.07, 6.45) is 1.52. The Labute approximate surface area is 181 Å². The second kappa shape index (κ2) is 8.59. The minimum atomic E-state index is -0.212. The maximum atomic E-state index is 12.6. The predicted molar refractivity (Wildman–Crippen MR) is 121 cm³/mol. The number of para-hydroxylation sites is 1. The Kier molecular flexibility index (Phi) is 5.74. The quantitative estimate of drug-likeness (QED) is 0.364. The van der Waals surface area contributed by atoms with Crippen LogP contribution in [0.3, 0.4) is 0 Å². The van der Waals surface area contributed by atoms with Crippen LogP contribution in [0.2, 0.25) is 0 Å². The Hall–Kier alpha value is -2.96. The molecule has 0 aliphatic heterocycles. The summed E-state index contributed by atoms with van der Waals surface area (Å²) >= 11 is 9.36. The number of halogens is 2. The van der Waals surface area contributed by atoms with E-state index < -0.39 is 0 Å². The standard InChI is InChI=1S/C22H16BrClN4O/c23-15-5-4-6-16(11-15)27-22-19-12-18(9-10-20(19)25-14-26-22)28(21(29)13-24)17-7-2-1-3-8-17/h1-12,14H,13H2,(H,25,26,27). The van der Waals surface area contributed by atoms with Crippen LogP contribution in [0.4, 0.5) is 22.9 Å². The molecule has 0 saturated carbocycles. The number of amides is 1. The molecule has 7 heteroatoms. The topological polar surface area (TPSA) is 58.1 Å². The highest BCUT2D eigenvalue weighted by Crippen LogP contribution is 2.31. The van der Waals surface area contributed by atoms with Gasteiger partial charge < -0.3 is 5.32 Å². The highest BCUT2D eigenvalue weighted by Gasteiger charge is 2.18. The molecule has 0 aliphatic rings. The first-order valence-corrected chi connectivity index (χ1v) is 10.2. The molecular weight excluding hydrogens is 452 g/mol. The smallest absolute Gasteiger partial charge is 0.246 e. The normalized spacial score (nSPS) is 10.7. The average Bonchev–Trinajstić information content (AvgIpc) is 2.75. The number of hydrogen-bond acceptors (Lipinski definition) is 4. The molecule has 0 atom stereocenters. The van der Waals surface area contributed by atoms with Crippen LogP contribution in [0, 0.1) is 0 Å². The number of benzene rings is 3. The number of aromatic nitrogens is 2. The second-order valence-electron chi connectivity index (χ2n) is 6.26. The molecular formula is C22H16BrClN4O. The predicted octanol–water partition coefficient (Wildman–Crippen LogP) is 6.04. The van der Waals surface area contributed by atoms with Crippen LogP contribution in [0.15, 0.2) is 83.6 Å². The number of rotatable bonds is 5. The second-order valence-corrected chi connectivity index (χ2v) is 7.44. The van der Waals surface area contributed by atoms with Gasteiger partial charge in [0.2, 0.25) is 5.91 Å². The van der Waals surface area contributed by atoms with E-state index in [4.69, 9.17) is 11.6 Å². The number of nitrogens with zero attached hydrogens (tertiary/aromatic N) is 3. The summed E-state index contributed by atoms with van der Waals surface area (Å²) in [7, 11) is 0. The van der Waals surface area contributed by atoms with Crippen LogP contribution in [0.5, 0.6) is 0 Å². The van der Waals surface area contributed by atoms with Gasteiger partial charge in [0, 0.05) is 26.9 Å². The molecule has 1 aromatic heterocycles. The lowest BCUT2D eigenvalue weighted by Gasteiger charge is -2.22. The Morgan fingerprint density at radius 2 is 1.79 bits per heavy atom. The molecule has 0 saturated heterocycles. The van der Waals surface area contributed by atoms with E-state index >= 15 is 0 Å². The van der Waals surface area contributed by atoms with Crippen molar-refractivity contribution in [2.75, 3.05) is 16.1 Å². The van der Waals surface area contributed by atoms with Crippen molar-refractivity contribution >= 4 is 67.2 Å². The molecule has 1 heterocycles. The maximum Gasteiger partial charge on any atom is 0.246 e. The van der Waals surface area contributed by atoms with Gasteiger partial charge >= 0.3 is 0 Å². The van der Waals surface area contributed by atoms with Crippen molar-refractivity contribution in [3.8, 4) is 0 Å². The number of nitrogens with one attached hydrogen (secondary N) is 1. The molecule has 29 heavy (non-hydrogen) atoms. The number of carbonyl (C=O) groups excluding carboxylic acids is 1. The van der Waals surface area contributed by atoms with Crippen LogP contribution >= 0.6 is 27.5 Å². The maximum absolute atomic E-state index is 12.6. The third kappa shape index (κ3) is 4.23. The van der Waals surface area contributed by atoms with Gasteiger partial charge in [-0.05, 0) is 48.5 Å². The summed E-state index contributed by atoms with van der Waals surface area (Å²) < 4.78 is 0.963. The van der Waals surface area contributed by atoms with E-state index in [1.165, 1.54) is 6.33 Å². The minimum Gasteiger partial charge on any atom is -0.340 e. The third-order valence-electron chi connectivity index (χ3n) is 4.34. The van der Waals surface area contributed by atoms with E-state index in [2.05, 4.69) is 31.2 Å². The van der Waals surface area contributed by atoms with Crippen molar-refractivity contribution in [1.82, 2.24) is 9.97 Å². The highest BCUT2D eigenvalue weighted by atomic mass is 79.9. The Balaban J connectivity index is 1.81. The zero-order valence-electron chi connectivity index (χ0n) is 15.2. The Morgan fingerprint density at radius 3 is 2.55 bits per heavy atom. The molecule has 144 valence electrons. The lowest BCUT2D eigenvalue weighted by molar-refractivity contribution is -0.115. The van der Waals surface area contributed by atoms with Gasteiger partial charge in [-0.2, -0.15) is 0 Å². The van der Waals surface area contributed by atoms with Crippen LogP contribution in [-0.2, 0) is 4.79 Å². The molecule has 1 N–H and O–H groups in total. The molecule has 0 fully saturated rings. The van der Waals surface area contributed by atoms with Gasteiger partial charge in [0.25, 0.3) is 0 Å². The first kappa shape index (κ1) is 19.4. The van der Waals surface area contributed by atoms with Crippen molar-refractivity contribution in [2.45, 2.75) is 0 Å². The fraction of sp³-hybridized carbons (Fsp3) is 0.0455. The van der Waals surface area contributed by atoms with E-state index in [0.717, 1.165) is 26.8 Å². The molecule has 0 spiro atoms. The van der Waals surface area contributed by atoms with Crippen molar-refractivity contribution in [2.24, 2.45) is 0 Å². The van der Waals surface area contributed by atoms with E-state index in [1.54, 1.807) is 4.90 Å². The van der Waals surface area contributed by atoms with Crippen LogP contribution < -0.4 is 10.2 Å². The molecule has 4 aromatic rings. The summed E-state index contributed by atoms with van der Waals surface area (Å²) in [4.78, 5) is 23.0. The SMILES string of the molecule is O=C(CCl)N(c1ccccc1)c1ccc2ncnc(Nc3cccc(Br)c3)c2c1. The number of carbonyl (C=O) groups is 1. The van der Waals surface area contributed by atoms with Gasteiger partial charge in [-0.1, -0.05) is 40.2 Å². The van der Waals surface area contributed by atoms with Crippen LogP contribution in [0.25, 0.3) is 10.9 Å². The molecule has 5 nitrogen and oxygen atoms in total. The average molecular weight is 468 g/mol. The fourth-order valence-corrected chi connectivity index (χ4v) is 3.58.